The van der Waals surface area contributed by atoms with Gasteiger partial charge in [-0.15, -0.1) is 0 Å². The summed E-state index contributed by atoms with van der Waals surface area (Å²) >= 11 is 5.86. The molecule has 2 N–H and O–H groups in total. The lowest BCUT2D eigenvalue weighted by atomic mass is 9.94. The molecule has 3 nitrogen and oxygen atoms in total. The maximum absolute atomic E-state index is 11.5. The minimum atomic E-state index is -1.16. The first-order valence-electron chi connectivity index (χ1n) is 6.32. The van der Waals surface area contributed by atoms with E-state index in [4.69, 9.17) is 11.6 Å². The molecule has 0 amide bonds. The predicted octanol–water partition coefficient (Wildman–Crippen LogP) is 4.56. The molecule has 0 saturated heterocycles. The van der Waals surface area contributed by atoms with Crippen LogP contribution in [0.4, 0.5) is 0 Å². The Balaban J connectivity index is 2.37. The molecule has 0 aliphatic rings. The third-order valence-electron chi connectivity index (χ3n) is 3.39. The van der Waals surface area contributed by atoms with Gasteiger partial charge in [-0.05, 0) is 29.1 Å². The van der Waals surface area contributed by atoms with Gasteiger partial charge in [0.05, 0.1) is 0 Å². The van der Waals surface area contributed by atoms with Crippen molar-refractivity contribution in [3.05, 3.63) is 65.2 Å². The molecule has 0 radical (unpaired) electrons. The fourth-order valence-corrected chi connectivity index (χ4v) is 2.53. The van der Waals surface area contributed by atoms with Gasteiger partial charge >= 0.3 is 5.97 Å². The molecule has 3 aromatic carbocycles. The minimum Gasteiger partial charge on any atom is -0.506 e. The first-order chi connectivity index (χ1) is 10.1. The SMILES string of the molecule is O=C(O)c1c(-c2ccc(Cl)cc2)cc2ccccc2c1O. The van der Waals surface area contributed by atoms with E-state index in [-0.39, 0.29) is 11.3 Å². The van der Waals surface area contributed by atoms with Crippen molar-refractivity contribution in [3.63, 3.8) is 0 Å². The lowest BCUT2D eigenvalue weighted by Gasteiger charge is -2.12. The zero-order valence-corrected chi connectivity index (χ0v) is 11.6. The Labute approximate surface area is 126 Å². The number of carbonyl (C=O) groups is 1. The fourth-order valence-electron chi connectivity index (χ4n) is 2.40. The summed E-state index contributed by atoms with van der Waals surface area (Å²) < 4.78 is 0. The quantitative estimate of drug-likeness (QED) is 0.729. The highest BCUT2D eigenvalue weighted by atomic mass is 35.5. The van der Waals surface area contributed by atoms with Crippen LogP contribution in [0.3, 0.4) is 0 Å². The standard InChI is InChI=1S/C17H11ClO3/c18-12-7-5-10(6-8-12)14-9-11-3-1-2-4-13(11)16(19)15(14)17(20)21/h1-9,19H,(H,20,21). The van der Waals surface area contributed by atoms with Crippen LogP contribution in [-0.4, -0.2) is 16.2 Å². The Morgan fingerprint density at radius 2 is 1.67 bits per heavy atom. The number of rotatable bonds is 2. The summed E-state index contributed by atoms with van der Waals surface area (Å²) in [6.45, 7) is 0. The number of carboxylic acid groups (broad SMARTS) is 1. The van der Waals surface area contributed by atoms with E-state index < -0.39 is 5.97 Å². The highest BCUT2D eigenvalue weighted by Gasteiger charge is 2.19. The Kier molecular flexibility index (Phi) is 3.28. The lowest BCUT2D eigenvalue weighted by molar-refractivity contribution is 0.0695. The average molecular weight is 299 g/mol. The van der Waals surface area contributed by atoms with Crippen molar-refractivity contribution in [3.8, 4) is 16.9 Å². The molecule has 0 saturated carbocycles. The molecule has 104 valence electrons. The Morgan fingerprint density at radius 1 is 1.00 bits per heavy atom. The molecular weight excluding hydrogens is 288 g/mol. The number of halogens is 1. The van der Waals surface area contributed by atoms with Crippen LogP contribution in [0.2, 0.25) is 5.02 Å². The zero-order chi connectivity index (χ0) is 15.0. The highest BCUT2D eigenvalue weighted by molar-refractivity contribution is 6.30. The van der Waals surface area contributed by atoms with Gasteiger partial charge in [0.15, 0.2) is 0 Å². The average Bonchev–Trinajstić information content (AvgIpc) is 2.47. The van der Waals surface area contributed by atoms with Crippen molar-refractivity contribution in [1.29, 1.82) is 0 Å². The molecule has 0 aliphatic carbocycles. The van der Waals surface area contributed by atoms with Crippen LogP contribution < -0.4 is 0 Å². The van der Waals surface area contributed by atoms with Crippen LogP contribution in [0.25, 0.3) is 21.9 Å². The molecule has 3 aromatic rings. The minimum absolute atomic E-state index is 0.101. The predicted molar refractivity (Wildman–Crippen MR) is 83.0 cm³/mol. The molecule has 0 aromatic heterocycles. The van der Waals surface area contributed by atoms with E-state index in [0.29, 0.717) is 21.5 Å². The van der Waals surface area contributed by atoms with E-state index in [1.54, 1.807) is 42.5 Å². The lowest BCUT2D eigenvalue weighted by Crippen LogP contribution is -2.01. The van der Waals surface area contributed by atoms with Crippen molar-refractivity contribution in [1.82, 2.24) is 0 Å². The van der Waals surface area contributed by atoms with Crippen molar-refractivity contribution >= 4 is 28.3 Å². The van der Waals surface area contributed by atoms with Crippen LogP contribution >= 0.6 is 11.6 Å². The molecule has 21 heavy (non-hydrogen) atoms. The topological polar surface area (TPSA) is 57.5 Å². The van der Waals surface area contributed by atoms with Gasteiger partial charge in [0.2, 0.25) is 0 Å². The van der Waals surface area contributed by atoms with Gasteiger partial charge in [0.25, 0.3) is 0 Å². The van der Waals surface area contributed by atoms with Crippen LogP contribution in [-0.2, 0) is 0 Å². The van der Waals surface area contributed by atoms with Crippen LogP contribution in [0.1, 0.15) is 10.4 Å². The summed E-state index contributed by atoms with van der Waals surface area (Å²) in [5.41, 5.74) is 1.06. The number of phenols is 1. The Morgan fingerprint density at radius 3 is 2.33 bits per heavy atom. The summed E-state index contributed by atoms with van der Waals surface area (Å²) in [6.07, 6.45) is 0. The second-order valence-corrected chi connectivity index (χ2v) is 5.12. The maximum atomic E-state index is 11.5. The van der Waals surface area contributed by atoms with Crippen molar-refractivity contribution < 1.29 is 15.0 Å². The fraction of sp³-hybridized carbons (Fsp3) is 0. The van der Waals surface area contributed by atoms with Crippen LogP contribution in [0, 0.1) is 0 Å². The van der Waals surface area contributed by atoms with Gasteiger partial charge in [-0.2, -0.15) is 0 Å². The molecule has 0 bridgehead atoms. The molecule has 0 unspecified atom stereocenters. The van der Waals surface area contributed by atoms with Gasteiger partial charge in [0, 0.05) is 16.0 Å². The first-order valence-corrected chi connectivity index (χ1v) is 6.69. The normalized spacial score (nSPS) is 10.7. The second kappa shape index (κ2) is 5.11. The largest absolute Gasteiger partial charge is 0.506 e. The number of aromatic carboxylic acids is 1. The summed E-state index contributed by atoms with van der Waals surface area (Å²) in [7, 11) is 0. The first kappa shape index (κ1) is 13.5. The monoisotopic (exact) mass is 298 g/mol. The van der Waals surface area contributed by atoms with Gasteiger partial charge in [-0.1, -0.05) is 48.0 Å². The van der Waals surface area contributed by atoms with Crippen molar-refractivity contribution in [2.75, 3.05) is 0 Å². The molecule has 0 fully saturated rings. The van der Waals surface area contributed by atoms with E-state index in [1.165, 1.54) is 0 Å². The van der Waals surface area contributed by atoms with E-state index in [2.05, 4.69) is 0 Å². The summed E-state index contributed by atoms with van der Waals surface area (Å²) in [6, 6.07) is 15.7. The van der Waals surface area contributed by atoms with Gasteiger partial charge in [0.1, 0.15) is 11.3 Å². The van der Waals surface area contributed by atoms with Crippen LogP contribution in [0.15, 0.2) is 54.6 Å². The third kappa shape index (κ3) is 2.32. The second-order valence-electron chi connectivity index (χ2n) is 4.68. The molecule has 3 rings (SSSR count). The molecule has 0 atom stereocenters. The van der Waals surface area contributed by atoms with Gasteiger partial charge in [-0.25, -0.2) is 4.79 Å². The van der Waals surface area contributed by atoms with Gasteiger partial charge < -0.3 is 10.2 Å². The maximum Gasteiger partial charge on any atom is 0.340 e. The van der Waals surface area contributed by atoms with E-state index in [9.17, 15) is 15.0 Å². The number of benzene rings is 3. The summed E-state index contributed by atoms with van der Waals surface area (Å²) in [5.74, 6) is -1.38. The highest BCUT2D eigenvalue weighted by Crippen LogP contribution is 2.37. The molecule has 4 heteroatoms. The number of hydrogen-bond acceptors (Lipinski definition) is 2. The van der Waals surface area contributed by atoms with Gasteiger partial charge in [-0.3, -0.25) is 0 Å². The van der Waals surface area contributed by atoms with E-state index in [0.717, 1.165) is 5.39 Å². The number of hydrogen-bond donors (Lipinski definition) is 2. The number of fused-ring (bicyclic) bond motifs is 1. The van der Waals surface area contributed by atoms with E-state index in [1.807, 2.05) is 12.1 Å². The number of aromatic hydroxyl groups is 1. The Bertz CT molecular complexity index is 839. The molecular formula is C17H11ClO3. The molecule has 0 aliphatic heterocycles. The Hall–Kier alpha value is -2.52. The molecule has 0 spiro atoms. The van der Waals surface area contributed by atoms with Crippen molar-refractivity contribution in [2.24, 2.45) is 0 Å². The van der Waals surface area contributed by atoms with Crippen LogP contribution in [0.5, 0.6) is 5.75 Å². The number of carboxylic acids is 1. The zero-order valence-electron chi connectivity index (χ0n) is 10.9. The summed E-state index contributed by atoms with van der Waals surface area (Å²) in [4.78, 5) is 11.5. The van der Waals surface area contributed by atoms with Crippen molar-refractivity contribution in [2.45, 2.75) is 0 Å². The smallest absolute Gasteiger partial charge is 0.340 e. The van der Waals surface area contributed by atoms with E-state index >= 15 is 0 Å². The molecule has 0 heterocycles. The third-order valence-corrected chi connectivity index (χ3v) is 3.64. The summed E-state index contributed by atoms with van der Waals surface area (Å²) in [5, 5.41) is 21.6.